The molecular weight excluding hydrogens is 232 g/mol. The minimum absolute atomic E-state index is 0.377. The van der Waals surface area contributed by atoms with E-state index in [-0.39, 0.29) is 5.97 Å². The van der Waals surface area contributed by atoms with Crippen LogP contribution in [-0.4, -0.2) is 32.8 Å². The van der Waals surface area contributed by atoms with E-state index in [1.807, 2.05) is 0 Å². The molecular formula is C13H18N2O3. The second-order valence-corrected chi connectivity index (χ2v) is 4.40. The number of carbonyl (C=O) groups is 1. The highest BCUT2D eigenvalue weighted by molar-refractivity contribution is 5.91. The summed E-state index contributed by atoms with van der Waals surface area (Å²) in [7, 11) is 1.35. The zero-order valence-corrected chi connectivity index (χ0v) is 10.4. The quantitative estimate of drug-likeness (QED) is 0.626. The minimum Gasteiger partial charge on any atom is -0.465 e. The first kappa shape index (κ1) is 12.7. The summed E-state index contributed by atoms with van der Waals surface area (Å²) in [6.45, 7) is 2.47. The Kier molecular flexibility index (Phi) is 4.04. The summed E-state index contributed by atoms with van der Waals surface area (Å²) in [4.78, 5) is 11.3. The first-order chi connectivity index (χ1) is 8.70. The van der Waals surface area contributed by atoms with Crippen LogP contribution < -0.4 is 11.1 Å². The van der Waals surface area contributed by atoms with Crippen molar-refractivity contribution in [3.05, 3.63) is 23.8 Å². The maximum atomic E-state index is 11.3. The van der Waals surface area contributed by atoms with Crippen molar-refractivity contribution in [3.8, 4) is 0 Å². The Bertz CT molecular complexity index is 428. The highest BCUT2D eigenvalue weighted by Gasteiger charge is 2.15. The van der Waals surface area contributed by atoms with Gasteiger partial charge in [0.25, 0.3) is 0 Å². The molecule has 18 heavy (non-hydrogen) atoms. The number of methoxy groups -OCH3 is 1. The minimum atomic E-state index is -0.377. The van der Waals surface area contributed by atoms with E-state index in [0.717, 1.165) is 31.9 Å². The number of ether oxygens (including phenoxy) is 2. The molecule has 1 aliphatic rings. The number of nitrogen functional groups attached to an aromatic ring is 1. The van der Waals surface area contributed by atoms with Crippen LogP contribution in [0.5, 0.6) is 0 Å². The molecule has 1 saturated heterocycles. The molecule has 0 spiro atoms. The van der Waals surface area contributed by atoms with Crippen LogP contribution >= 0.6 is 0 Å². The van der Waals surface area contributed by atoms with Crippen LogP contribution in [0.15, 0.2) is 18.2 Å². The summed E-state index contributed by atoms with van der Waals surface area (Å²) in [5.41, 5.74) is 7.75. The van der Waals surface area contributed by atoms with Gasteiger partial charge < -0.3 is 20.5 Å². The molecule has 0 aromatic heterocycles. The third-order valence-corrected chi connectivity index (χ3v) is 3.08. The van der Waals surface area contributed by atoms with Crippen LogP contribution in [0.2, 0.25) is 0 Å². The summed E-state index contributed by atoms with van der Waals surface area (Å²) < 4.78 is 9.95. The first-order valence-electron chi connectivity index (χ1n) is 6.00. The Hall–Kier alpha value is -1.75. The van der Waals surface area contributed by atoms with Crippen LogP contribution in [-0.2, 0) is 9.47 Å². The van der Waals surface area contributed by atoms with Gasteiger partial charge in [-0.15, -0.1) is 0 Å². The molecule has 5 heteroatoms. The van der Waals surface area contributed by atoms with Crippen molar-refractivity contribution in [2.45, 2.75) is 6.42 Å². The van der Waals surface area contributed by atoms with Crippen molar-refractivity contribution < 1.29 is 14.3 Å². The fraction of sp³-hybridized carbons (Fsp3) is 0.462. The van der Waals surface area contributed by atoms with E-state index < -0.39 is 0 Å². The summed E-state index contributed by atoms with van der Waals surface area (Å²) in [6.07, 6.45) is 1.08. The fourth-order valence-corrected chi connectivity index (χ4v) is 1.97. The molecule has 0 unspecified atom stereocenters. The number of nitrogens with two attached hydrogens (primary N) is 1. The van der Waals surface area contributed by atoms with Crippen LogP contribution in [0.1, 0.15) is 16.8 Å². The van der Waals surface area contributed by atoms with Gasteiger partial charge in [0, 0.05) is 19.1 Å². The maximum absolute atomic E-state index is 11.3. The number of hydrogen-bond donors (Lipinski definition) is 2. The van der Waals surface area contributed by atoms with Crippen molar-refractivity contribution >= 4 is 17.3 Å². The molecule has 5 nitrogen and oxygen atoms in total. The van der Waals surface area contributed by atoms with E-state index in [0.29, 0.717) is 17.2 Å². The lowest BCUT2D eigenvalue weighted by Gasteiger charge is -2.13. The van der Waals surface area contributed by atoms with Crippen molar-refractivity contribution in [2.24, 2.45) is 5.92 Å². The molecule has 1 heterocycles. The monoisotopic (exact) mass is 250 g/mol. The first-order valence-corrected chi connectivity index (χ1v) is 6.00. The Balaban J connectivity index is 1.98. The van der Waals surface area contributed by atoms with E-state index in [9.17, 15) is 4.79 Å². The molecule has 0 amide bonds. The number of hydrogen-bond acceptors (Lipinski definition) is 5. The SMILES string of the molecule is COC(=O)c1ccc(NC[C@H]2CCOC2)c(N)c1. The van der Waals surface area contributed by atoms with Gasteiger partial charge in [0.15, 0.2) is 0 Å². The van der Waals surface area contributed by atoms with Crippen LogP contribution in [0.4, 0.5) is 11.4 Å². The number of esters is 1. The lowest BCUT2D eigenvalue weighted by Crippen LogP contribution is -2.15. The lowest BCUT2D eigenvalue weighted by molar-refractivity contribution is 0.0601. The Morgan fingerprint density at radius 3 is 3.06 bits per heavy atom. The molecule has 1 aliphatic heterocycles. The molecule has 1 atom stereocenters. The zero-order valence-electron chi connectivity index (χ0n) is 10.4. The number of rotatable bonds is 4. The van der Waals surface area contributed by atoms with Crippen molar-refractivity contribution in [3.63, 3.8) is 0 Å². The van der Waals surface area contributed by atoms with Crippen molar-refractivity contribution in [1.82, 2.24) is 0 Å². The van der Waals surface area contributed by atoms with E-state index >= 15 is 0 Å². The Morgan fingerprint density at radius 1 is 1.61 bits per heavy atom. The van der Waals surface area contributed by atoms with E-state index in [4.69, 9.17) is 10.5 Å². The summed E-state index contributed by atoms with van der Waals surface area (Å²) in [6, 6.07) is 5.13. The predicted molar refractivity (Wildman–Crippen MR) is 69.6 cm³/mol. The van der Waals surface area contributed by atoms with Gasteiger partial charge in [-0.2, -0.15) is 0 Å². The second kappa shape index (κ2) is 5.73. The maximum Gasteiger partial charge on any atom is 0.337 e. The van der Waals surface area contributed by atoms with Gasteiger partial charge >= 0.3 is 5.97 Å². The largest absolute Gasteiger partial charge is 0.465 e. The lowest BCUT2D eigenvalue weighted by atomic mass is 10.1. The van der Waals surface area contributed by atoms with Gasteiger partial charge in [-0.05, 0) is 24.6 Å². The Morgan fingerprint density at radius 2 is 2.44 bits per heavy atom. The molecule has 1 aromatic carbocycles. The third-order valence-electron chi connectivity index (χ3n) is 3.08. The summed E-state index contributed by atoms with van der Waals surface area (Å²) in [5, 5.41) is 3.28. The average Bonchev–Trinajstić information content (AvgIpc) is 2.89. The summed E-state index contributed by atoms with van der Waals surface area (Å²) >= 11 is 0. The average molecular weight is 250 g/mol. The highest BCUT2D eigenvalue weighted by atomic mass is 16.5. The van der Waals surface area contributed by atoms with Crippen LogP contribution in [0.25, 0.3) is 0 Å². The van der Waals surface area contributed by atoms with Crippen molar-refractivity contribution in [1.29, 1.82) is 0 Å². The third kappa shape index (κ3) is 2.92. The molecule has 1 fully saturated rings. The Labute approximate surface area is 106 Å². The highest BCUT2D eigenvalue weighted by Crippen LogP contribution is 2.22. The van der Waals surface area contributed by atoms with Crippen molar-refractivity contribution in [2.75, 3.05) is 37.9 Å². The number of anilines is 2. The number of carbonyl (C=O) groups excluding carboxylic acids is 1. The second-order valence-electron chi connectivity index (χ2n) is 4.40. The van der Waals surface area contributed by atoms with E-state index in [1.165, 1.54) is 7.11 Å². The smallest absolute Gasteiger partial charge is 0.337 e. The van der Waals surface area contributed by atoms with Gasteiger partial charge in [0.2, 0.25) is 0 Å². The molecule has 0 bridgehead atoms. The van der Waals surface area contributed by atoms with Gasteiger partial charge in [-0.1, -0.05) is 0 Å². The number of nitrogens with one attached hydrogen (secondary N) is 1. The fourth-order valence-electron chi connectivity index (χ4n) is 1.97. The van der Waals surface area contributed by atoms with E-state index in [2.05, 4.69) is 10.1 Å². The molecule has 0 saturated carbocycles. The molecule has 2 rings (SSSR count). The molecule has 0 aliphatic carbocycles. The van der Waals surface area contributed by atoms with Gasteiger partial charge in [-0.25, -0.2) is 4.79 Å². The molecule has 3 N–H and O–H groups in total. The molecule has 98 valence electrons. The molecule has 1 aromatic rings. The van der Waals surface area contributed by atoms with E-state index in [1.54, 1.807) is 18.2 Å². The normalized spacial score (nSPS) is 18.6. The van der Waals surface area contributed by atoms with Gasteiger partial charge in [-0.3, -0.25) is 0 Å². The molecule has 0 radical (unpaired) electrons. The standard InChI is InChI=1S/C13H18N2O3/c1-17-13(16)10-2-3-12(11(14)6-10)15-7-9-4-5-18-8-9/h2-3,6,9,15H,4-5,7-8,14H2,1H3/t9-/m1/s1. The predicted octanol–water partition coefficient (Wildman–Crippen LogP) is 1.50. The zero-order chi connectivity index (χ0) is 13.0. The number of benzene rings is 1. The van der Waals surface area contributed by atoms with Gasteiger partial charge in [0.05, 0.1) is 30.7 Å². The van der Waals surface area contributed by atoms with Crippen LogP contribution in [0, 0.1) is 5.92 Å². The van der Waals surface area contributed by atoms with Crippen LogP contribution in [0.3, 0.4) is 0 Å². The topological polar surface area (TPSA) is 73.6 Å². The summed E-state index contributed by atoms with van der Waals surface area (Å²) in [5.74, 6) is 0.155. The van der Waals surface area contributed by atoms with Gasteiger partial charge in [0.1, 0.15) is 0 Å².